The van der Waals surface area contributed by atoms with Gasteiger partial charge in [0.25, 0.3) is 10.0 Å². The lowest BCUT2D eigenvalue weighted by molar-refractivity contribution is 0.412. The maximum absolute atomic E-state index is 12.2. The van der Waals surface area contributed by atoms with Crippen LogP contribution in [-0.2, 0) is 10.0 Å². The lowest BCUT2D eigenvalue weighted by atomic mass is 10.3. The highest BCUT2D eigenvalue weighted by molar-refractivity contribution is 9.10. The molecule has 0 bridgehead atoms. The molecule has 0 spiro atoms. The van der Waals surface area contributed by atoms with Gasteiger partial charge in [0.1, 0.15) is 10.9 Å². The maximum atomic E-state index is 12.2. The van der Waals surface area contributed by atoms with E-state index in [-0.39, 0.29) is 10.0 Å². The van der Waals surface area contributed by atoms with Gasteiger partial charge >= 0.3 is 0 Å². The number of nitrogens with one attached hydrogen (secondary N) is 1. The summed E-state index contributed by atoms with van der Waals surface area (Å²) in [5, 5.41) is 0.115. The Labute approximate surface area is 130 Å². The average Bonchev–Trinajstić information content (AvgIpc) is 2.38. The number of sulfonamides is 1. The molecule has 0 aliphatic heterocycles. The molecule has 5 nitrogen and oxygen atoms in total. The lowest BCUT2D eigenvalue weighted by Gasteiger charge is -2.10. The van der Waals surface area contributed by atoms with E-state index < -0.39 is 10.0 Å². The van der Waals surface area contributed by atoms with Crippen LogP contribution in [0.25, 0.3) is 0 Å². The quantitative estimate of drug-likeness (QED) is 0.830. The molecular weight excluding hydrogens is 368 g/mol. The summed E-state index contributed by atoms with van der Waals surface area (Å²) in [5.74, 6) is 0.611. The van der Waals surface area contributed by atoms with Crippen molar-refractivity contribution in [2.45, 2.75) is 4.90 Å². The number of hydrogen-bond donors (Lipinski definition) is 1. The van der Waals surface area contributed by atoms with E-state index in [9.17, 15) is 8.42 Å². The van der Waals surface area contributed by atoms with Crippen molar-refractivity contribution in [3.8, 4) is 5.75 Å². The first-order valence-corrected chi connectivity index (χ1v) is 8.06. The van der Waals surface area contributed by atoms with E-state index >= 15 is 0 Å². The molecule has 0 saturated carbocycles. The van der Waals surface area contributed by atoms with Crippen LogP contribution in [0, 0.1) is 0 Å². The van der Waals surface area contributed by atoms with Crippen LogP contribution < -0.4 is 9.46 Å². The number of halogens is 2. The smallest absolute Gasteiger partial charge is 0.262 e. The molecule has 0 aliphatic carbocycles. The third kappa shape index (κ3) is 3.41. The van der Waals surface area contributed by atoms with Gasteiger partial charge in [0.15, 0.2) is 0 Å². The predicted molar refractivity (Wildman–Crippen MR) is 80.7 cm³/mol. The number of ether oxygens (including phenoxy) is 1. The molecule has 2 rings (SSSR count). The van der Waals surface area contributed by atoms with Crippen molar-refractivity contribution in [2.75, 3.05) is 11.8 Å². The van der Waals surface area contributed by atoms with Crippen LogP contribution in [0.5, 0.6) is 5.75 Å². The van der Waals surface area contributed by atoms with E-state index in [1.54, 1.807) is 18.2 Å². The minimum absolute atomic E-state index is 0.0458. The largest absolute Gasteiger partial charge is 0.496 e. The molecule has 1 aromatic carbocycles. The van der Waals surface area contributed by atoms with Gasteiger partial charge in [-0.05, 0) is 46.3 Å². The van der Waals surface area contributed by atoms with Gasteiger partial charge in [-0.3, -0.25) is 4.72 Å². The summed E-state index contributed by atoms with van der Waals surface area (Å²) in [5.41, 5.74) is 0.408. The molecule has 0 atom stereocenters. The molecule has 20 heavy (non-hydrogen) atoms. The number of pyridine rings is 1. The summed E-state index contributed by atoms with van der Waals surface area (Å²) in [6.45, 7) is 0. The summed E-state index contributed by atoms with van der Waals surface area (Å²) in [7, 11) is -2.18. The fourth-order valence-electron chi connectivity index (χ4n) is 1.50. The Kier molecular flexibility index (Phi) is 4.52. The average molecular weight is 378 g/mol. The molecule has 0 saturated heterocycles. The molecule has 1 N–H and O–H groups in total. The maximum Gasteiger partial charge on any atom is 0.262 e. The third-order valence-electron chi connectivity index (χ3n) is 2.41. The number of aromatic nitrogens is 1. The molecule has 106 valence electrons. The zero-order chi connectivity index (χ0) is 14.8. The molecule has 1 heterocycles. The van der Waals surface area contributed by atoms with E-state index in [0.717, 1.165) is 0 Å². The first-order chi connectivity index (χ1) is 9.42. The number of benzene rings is 1. The monoisotopic (exact) mass is 376 g/mol. The summed E-state index contributed by atoms with van der Waals surface area (Å²) in [4.78, 5) is 3.79. The summed E-state index contributed by atoms with van der Waals surface area (Å²) < 4.78 is 32.5. The highest BCUT2D eigenvalue weighted by Crippen LogP contribution is 2.28. The van der Waals surface area contributed by atoms with Crippen molar-refractivity contribution in [1.82, 2.24) is 4.98 Å². The normalized spacial score (nSPS) is 11.2. The molecule has 0 aliphatic rings. The molecular formula is C12H10BrClN2O3S. The molecule has 0 amide bonds. The van der Waals surface area contributed by atoms with Crippen LogP contribution in [0.4, 0.5) is 5.69 Å². The van der Waals surface area contributed by atoms with Gasteiger partial charge in [-0.15, -0.1) is 0 Å². The molecule has 2 aromatic rings. The fourth-order valence-corrected chi connectivity index (χ4v) is 3.34. The number of methoxy groups -OCH3 is 1. The van der Waals surface area contributed by atoms with Gasteiger partial charge in [-0.25, -0.2) is 13.4 Å². The molecule has 0 fully saturated rings. The first-order valence-electron chi connectivity index (χ1n) is 5.40. The van der Waals surface area contributed by atoms with Crippen LogP contribution in [-0.4, -0.2) is 20.5 Å². The number of rotatable bonds is 4. The van der Waals surface area contributed by atoms with Crippen LogP contribution in [0.3, 0.4) is 0 Å². The highest BCUT2D eigenvalue weighted by atomic mass is 79.9. The lowest BCUT2D eigenvalue weighted by Crippen LogP contribution is -2.13. The zero-order valence-electron chi connectivity index (χ0n) is 10.3. The van der Waals surface area contributed by atoms with Crippen molar-refractivity contribution in [3.05, 3.63) is 46.2 Å². The fraction of sp³-hybridized carbons (Fsp3) is 0.0833. The first kappa shape index (κ1) is 15.1. The highest BCUT2D eigenvalue weighted by Gasteiger charge is 2.15. The van der Waals surface area contributed by atoms with Gasteiger partial charge in [0.2, 0.25) is 0 Å². The van der Waals surface area contributed by atoms with Crippen LogP contribution >= 0.6 is 27.5 Å². The Balaban J connectivity index is 2.31. The van der Waals surface area contributed by atoms with Crippen molar-refractivity contribution < 1.29 is 13.2 Å². The second kappa shape index (κ2) is 5.99. The van der Waals surface area contributed by atoms with Crippen LogP contribution in [0.1, 0.15) is 0 Å². The second-order valence-corrected chi connectivity index (χ2v) is 6.69. The summed E-state index contributed by atoms with van der Waals surface area (Å²) >= 11 is 8.98. The molecule has 8 heteroatoms. The van der Waals surface area contributed by atoms with Crippen LogP contribution in [0.2, 0.25) is 5.15 Å². The molecule has 1 aromatic heterocycles. The molecule has 0 unspecified atom stereocenters. The Morgan fingerprint density at radius 2 is 2.05 bits per heavy atom. The summed E-state index contributed by atoms with van der Waals surface area (Å²) in [6, 6.07) is 7.51. The van der Waals surface area contributed by atoms with Crippen molar-refractivity contribution >= 4 is 43.2 Å². The number of nitrogens with zero attached hydrogens (tertiary/aromatic N) is 1. The predicted octanol–water partition coefficient (Wildman–Crippen LogP) is 3.31. The van der Waals surface area contributed by atoms with Gasteiger partial charge < -0.3 is 4.74 Å². The Hall–Kier alpha value is -1.31. The van der Waals surface area contributed by atoms with Gasteiger partial charge in [-0.1, -0.05) is 11.6 Å². The molecule has 0 radical (unpaired) electrons. The minimum atomic E-state index is -3.71. The van der Waals surface area contributed by atoms with E-state index in [1.807, 2.05) is 0 Å². The van der Waals surface area contributed by atoms with E-state index in [0.29, 0.717) is 15.9 Å². The zero-order valence-corrected chi connectivity index (χ0v) is 13.5. The topological polar surface area (TPSA) is 68.3 Å². The second-order valence-electron chi connectivity index (χ2n) is 3.77. The van der Waals surface area contributed by atoms with Crippen molar-refractivity contribution in [3.63, 3.8) is 0 Å². The summed E-state index contributed by atoms with van der Waals surface area (Å²) in [6.07, 6.45) is 1.33. The van der Waals surface area contributed by atoms with Gasteiger partial charge in [-0.2, -0.15) is 0 Å². The number of hydrogen-bond acceptors (Lipinski definition) is 4. The minimum Gasteiger partial charge on any atom is -0.496 e. The third-order valence-corrected chi connectivity index (χ3v) is 4.62. The van der Waals surface area contributed by atoms with Gasteiger partial charge in [0.05, 0.1) is 22.2 Å². The number of anilines is 1. The van der Waals surface area contributed by atoms with Crippen molar-refractivity contribution in [2.24, 2.45) is 0 Å². The van der Waals surface area contributed by atoms with Gasteiger partial charge in [0, 0.05) is 6.20 Å². The SMILES string of the molecule is COc1ccc(NS(=O)(=O)c2ccnc(Cl)c2)cc1Br. The Morgan fingerprint density at radius 3 is 2.65 bits per heavy atom. The van der Waals surface area contributed by atoms with Crippen molar-refractivity contribution in [1.29, 1.82) is 0 Å². The Morgan fingerprint density at radius 1 is 1.30 bits per heavy atom. The Bertz CT molecular complexity index is 737. The van der Waals surface area contributed by atoms with E-state index in [2.05, 4.69) is 25.6 Å². The standard InChI is InChI=1S/C12H10BrClN2O3S/c1-19-11-3-2-8(6-10(11)13)16-20(17,18)9-4-5-15-12(14)7-9/h2-7,16H,1H3. The van der Waals surface area contributed by atoms with E-state index in [1.165, 1.54) is 25.4 Å². The van der Waals surface area contributed by atoms with Crippen LogP contribution in [0.15, 0.2) is 45.9 Å². The van der Waals surface area contributed by atoms with E-state index in [4.69, 9.17) is 16.3 Å².